The SMILES string of the molecule is CC[C@@H]1CNC[C@H]1c1ccc(OC)cc1. The molecule has 1 aliphatic rings. The van der Waals surface area contributed by atoms with Gasteiger partial charge in [0.25, 0.3) is 0 Å². The summed E-state index contributed by atoms with van der Waals surface area (Å²) in [6.45, 7) is 4.55. The maximum absolute atomic E-state index is 5.17. The molecule has 1 saturated heterocycles. The van der Waals surface area contributed by atoms with Crippen LogP contribution >= 0.6 is 0 Å². The molecular weight excluding hydrogens is 186 g/mol. The summed E-state index contributed by atoms with van der Waals surface area (Å²) in [5, 5.41) is 3.47. The van der Waals surface area contributed by atoms with Gasteiger partial charge in [0.2, 0.25) is 0 Å². The molecule has 2 nitrogen and oxygen atoms in total. The summed E-state index contributed by atoms with van der Waals surface area (Å²) in [7, 11) is 1.71. The minimum absolute atomic E-state index is 0.681. The van der Waals surface area contributed by atoms with E-state index in [9.17, 15) is 0 Å². The van der Waals surface area contributed by atoms with Crippen LogP contribution in [0.2, 0.25) is 0 Å². The molecule has 15 heavy (non-hydrogen) atoms. The van der Waals surface area contributed by atoms with Crippen LogP contribution in [0.3, 0.4) is 0 Å². The van der Waals surface area contributed by atoms with Crippen LogP contribution in [0.1, 0.15) is 24.8 Å². The molecule has 0 amide bonds. The van der Waals surface area contributed by atoms with Gasteiger partial charge in [-0.3, -0.25) is 0 Å². The molecule has 1 aromatic carbocycles. The second kappa shape index (κ2) is 4.67. The van der Waals surface area contributed by atoms with Crippen LogP contribution in [-0.2, 0) is 0 Å². The van der Waals surface area contributed by atoms with Gasteiger partial charge in [0.1, 0.15) is 5.75 Å². The lowest BCUT2D eigenvalue weighted by Gasteiger charge is -2.17. The van der Waals surface area contributed by atoms with E-state index in [4.69, 9.17) is 4.74 Å². The summed E-state index contributed by atoms with van der Waals surface area (Å²) in [6.07, 6.45) is 1.25. The second-order valence-corrected chi connectivity index (χ2v) is 4.21. The lowest BCUT2D eigenvalue weighted by molar-refractivity contribution is 0.414. The molecule has 1 aliphatic heterocycles. The molecule has 0 unspecified atom stereocenters. The summed E-state index contributed by atoms with van der Waals surface area (Å²) in [5.41, 5.74) is 1.44. The van der Waals surface area contributed by atoms with Gasteiger partial charge in [0.05, 0.1) is 7.11 Å². The van der Waals surface area contributed by atoms with Crippen molar-refractivity contribution in [2.45, 2.75) is 19.3 Å². The van der Waals surface area contributed by atoms with Crippen molar-refractivity contribution in [3.05, 3.63) is 29.8 Å². The Labute approximate surface area is 91.6 Å². The van der Waals surface area contributed by atoms with Crippen LogP contribution in [0.25, 0.3) is 0 Å². The molecule has 0 aliphatic carbocycles. The Morgan fingerprint density at radius 1 is 1.27 bits per heavy atom. The zero-order valence-electron chi connectivity index (χ0n) is 9.49. The van der Waals surface area contributed by atoms with Gasteiger partial charge in [-0.15, -0.1) is 0 Å². The highest BCUT2D eigenvalue weighted by atomic mass is 16.5. The van der Waals surface area contributed by atoms with Crippen LogP contribution in [0.5, 0.6) is 5.75 Å². The molecule has 0 bridgehead atoms. The van der Waals surface area contributed by atoms with E-state index in [0.717, 1.165) is 24.8 Å². The topological polar surface area (TPSA) is 21.3 Å². The van der Waals surface area contributed by atoms with Gasteiger partial charge in [0.15, 0.2) is 0 Å². The normalized spacial score (nSPS) is 25.5. The molecule has 0 saturated carbocycles. The number of nitrogens with one attached hydrogen (secondary N) is 1. The molecule has 2 atom stereocenters. The zero-order valence-corrected chi connectivity index (χ0v) is 9.49. The zero-order chi connectivity index (χ0) is 10.7. The third-order valence-corrected chi connectivity index (χ3v) is 3.41. The van der Waals surface area contributed by atoms with Crippen molar-refractivity contribution >= 4 is 0 Å². The van der Waals surface area contributed by atoms with Gasteiger partial charge < -0.3 is 10.1 Å². The van der Waals surface area contributed by atoms with Gasteiger partial charge in [-0.05, 0) is 30.2 Å². The average Bonchev–Trinajstić information content (AvgIpc) is 2.77. The Balaban J connectivity index is 2.14. The standard InChI is InChI=1S/C13H19NO/c1-3-10-8-14-9-13(10)11-4-6-12(15-2)7-5-11/h4-7,10,13-14H,3,8-9H2,1-2H3/t10-,13-/m1/s1. The van der Waals surface area contributed by atoms with Crippen molar-refractivity contribution < 1.29 is 4.74 Å². The number of methoxy groups -OCH3 is 1. The first-order chi connectivity index (χ1) is 7.35. The minimum Gasteiger partial charge on any atom is -0.497 e. The fraction of sp³-hybridized carbons (Fsp3) is 0.538. The fourth-order valence-electron chi connectivity index (χ4n) is 2.40. The van der Waals surface area contributed by atoms with E-state index in [1.165, 1.54) is 12.0 Å². The van der Waals surface area contributed by atoms with Crippen LogP contribution in [0.15, 0.2) is 24.3 Å². The third kappa shape index (κ3) is 2.15. The van der Waals surface area contributed by atoms with E-state index in [1.807, 2.05) is 0 Å². The van der Waals surface area contributed by atoms with Crippen LogP contribution in [0, 0.1) is 5.92 Å². The van der Waals surface area contributed by atoms with Crippen LogP contribution in [-0.4, -0.2) is 20.2 Å². The predicted molar refractivity (Wildman–Crippen MR) is 62.4 cm³/mol. The molecule has 1 aromatic rings. The smallest absolute Gasteiger partial charge is 0.118 e. The third-order valence-electron chi connectivity index (χ3n) is 3.41. The van der Waals surface area contributed by atoms with E-state index < -0.39 is 0 Å². The maximum atomic E-state index is 5.17. The van der Waals surface area contributed by atoms with E-state index in [0.29, 0.717) is 5.92 Å². The summed E-state index contributed by atoms with van der Waals surface area (Å²) in [5.74, 6) is 2.41. The van der Waals surface area contributed by atoms with E-state index in [1.54, 1.807) is 7.11 Å². The van der Waals surface area contributed by atoms with Gasteiger partial charge in [-0.1, -0.05) is 25.5 Å². The van der Waals surface area contributed by atoms with Crippen molar-refractivity contribution in [3.63, 3.8) is 0 Å². The summed E-state index contributed by atoms with van der Waals surface area (Å²) < 4.78 is 5.17. The summed E-state index contributed by atoms with van der Waals surface area (Å²) in [4.78, 5) is 0. The molecule has 2 rings (SSSR count). The molecule has 0 spiro atoms. The number of ether oxygens (including phenoxy) is 1. The van der Waals surface area contributed by atoms with Gasteiger partial charge >= 0.3 is 0 Å². The molecule has 1 fully saturated rings. The number of benzene rings is 1. The first kappa shape index (κ1) is 10.5. The Morgan fingerprint density at radius 3 is 2.60 bits per heavy atom. The Bertz CT molecular complexity index is 307. The van der Waals surface area contributed by atoms with Crippen molar-refractivity contribution in [2.75, 3.05) is 20.2 Å². The largest absolute Gasteiger partial charge is 0.497 e. The first-order valence-corrected chi connectivity index (χ1v) is 5.69. The molecule has 82 valence electrons. The number of hydrogen-bond acceptors (Lipinski definition) is 2. The maximum Gasteiger partial charge on any atom is 0.118 e. The van der Waals surface area contributed by atoms with Crippen molar-refractivity contribution in [2.24, 2.45) is 5.92 Å². The van der Waals surface area contributed by atoms with Crippen molar-refractivity contribution in [1.29, 1.82) is 0 Å². The first-order valence-electron chi connectivity index (χ1n) is 5.69. The van der Waals surface area contributed by atoms with E-state index in [-0.39, 0.29) is 0 Å². The number of rotatable bonds is 3. The Hall–Kier alpha value is -1.02. The van der Waals surface area contributed by atoms with Crippen LogP contribution in [0.4, 0.5) is 0 Å². The molecule has 1 heterocycles. The molecule has 0 radical (unpaired) electrons. The molecule has 1 N–H and O–H groups in total. The lowest BCUT2D eigenvalue weighted by atomic mass is 9.87. The highest BCUT2D eigenvalue weighted by molar-refractivity contribution is 5.30. The van der Waals surface area contributed by atoms with E-state index in [2.05, 4.69) is 36.5 Å². The van der Waals surface area contributed by atoms with Gasteiger partial charge in [-0.25, -0.2) is 0 Å². The lowest BCUT2D eigenvalue weighted by Crippen LogP contribution is -2.09. The van der Waals surface area contributed by atoms with E-state index >= 15 is 0 Å². The second-order valence-electron chi connectivity index (χ2n) is 4.21. The highest BCUT2D eigenvalue weighted by Gasteiger charge is 2.26. The molecular formula is C13H19NO. The van der Waals surface area contributed by atoms with Gasteiger partial charge in [0, 0.05) is 12.5 Å². The summed E-state index contributed by atoms with van der Waals surface area (Å²) >= 11 is 0. The van der Waals surface area contributed by atoms with Crippen molar-refractivity contribution in [1.82, 2.24) is 5.32 Å². The molecule has 0 aromatic heterocycles. The Morgan fingerprint density at radius 2 is 2.00 bits per heavy atom. The summed E-state index contributed by atoms with van der Waals surface area (Å²) in [6, 6.07) is 8.50. The monoisotopic (exact) mass is 205 g/mol. The highest BCUT2D eigenvalue weighted by Crippen LogP contribution is 2.30. The fourth-order valence-corrected chi connectivity index (χ4v) is 2.40. The van der Waals surface area contributed by atoms with Crippen LogP contribution < -0.4 is 10.1 Å². The van der Waals surface area contributed by atoms with Gasteiger partial charge in [-0.2, -0.15) is 0 Å². The quantitative estimate of drug-likeness (QED) is 0.818. The Kier molecular flexibility index (Phi) is 3.27. The number of hydrogen-bond donors (Lipinski definition) is 1. The molecule has 2 heteroatoms. The average molecular weight is 205 g/mol. The minimum atomic E-state index is 0.681. The predicted octanol–water partition coefficient (Wildman–Crippen LogP) is 2.41. The van der Waals surface area contributed by atoms with Crippen molar-refractivity contribution in [3.8, 4) is 5.75 Å².